The van der Waals surface area contributed by atoms with Gasteiger partial charge in [0.25, 0.3) is 5.91 Å². The fourth-order valence-electron chi connectivity index (χ4n) is 5.27. The number of benzene rings is 3. The molecule has 3 aromatic rings. The van der Waals surface area contributed by atoms with Gasteiger partial charge in [-0.3, -0.25) is 19.3 Å². The van der Waals surface area contributed by atoms with E-state index in [9.17, 15) is 23.6 Å². The lowest BCUT2D eigenvalue weighted by Crippen LogP contribution is -2.46. The summed E-state index contributed by atoms with van der Waals surface area (Å²) in [5.74, 6) is -1.59. The number of ketones is 1. The van der Waals surface area contributed by atoms with Crippen molar-refractivity contribution in [3.05, 3.63) is 101 Å². The molecule has 0 saturated carbocycles. The van der Waals surface area contributed by atoms with Crippen molar-refractivity contribution in [3.63, 3.8) is 0 Å². The van der Waals surface area contributed by atoms with Crippen LogP contribution >= 0.6 is 0 Å². The van der Waals surface area contributed by atoms with E-state index >= 15 is 0 Å². The van der Waals surface area contributed by atoms with E-state index in [2.05, 4.69) is 29.2 Å². The van der Waals surface area contributed by atoms with Gasteiger partial charge in [-0.2, -0.15) is 0 Å². The summed E-state index contributed by atoms with van der Waals surface area (Å²) in [7, 11) is 0. The summed E-state index contributed by atoms with van der Waals surface area (Å²) in [6.45, 7) is 1.06. The van der Waals surface area contributed by atoms with Gasteiger partial charge < -0.3 is 4.74 Å². The fraction of sp³-hybridized carbons (Fsp3) is 0.290. The molecule has 2 amide bonds. The Kier molecular flexibility index (Phi) is 7.93. The quantitative estimate of drug-likeness (QED) is 0.244. The van der Waals surface area contributed by atoms with Gasteiger partial charge >= 0.3 is 5.97 Å². The zero-order chi connectivity index (χ0) is 27.4. The predicted molar refractivity (Wildman–Crippen MR) is 143 cm³/mol. The summed E-state index contributed by atoms with van der Waals surface area (Å²) < 4.78 is 18.1. The minimum absolute atomic E-state index is 0.136. The van der Waals surface area contributed by atoms with Crippen molar-refractivity contribution in [2.45, 2.75) is 31.7 Å². The summed E-state index contributed by atoms with van der Waals surface area (Å²) in [4.78, 5) is 54.0. The molecule has 2 saturated heterocycles. The summed E-state index contributed by atoms with van der Waals surface area (Å²) in [5.41, 5.74) is 2.13. The van der Waals surface area contributed by atoms with Crippen molar-refractivity contribution >= 4 is 29.3 Å². The molecule has 8 heteroatoms. The molecule has 0 radical (unpaired) electrons. The monoisotopic (exact) mass is 528 g/mol. The van der Waals surface area contributed by atoms with Gasteiger partial charge in [-0.25, -0.2) is 14.1 Å². The number of piperidine rings is 1. The highest BCUT2D eigenvalue weighted by Gasteiger charge is 2.43. The highest BCUT2D eigenvalue weighted by Crippen LogP contribution is 2.30. The molecule has 1 atom stereocenters. The third-order valence-electron chi connectivity index (χ3n) is 7.44. The molecule has 0 bridgehead atoms. The number of anilines is 1. The minimum Gasteiger partial charge on any atom is -0.454 e. The number of Topliss-reactive ketones (excluding diaryl/α,β-unsaturated/α-hetero) is 1. The number of rotatable bonds is 8. The van der Waals surface area contributed by atoms with Gasteiger partial charge in [0.1, 0.15) is 5.82 Å². The SMILES string of the molecule is O=C(COC(=O)c1ccc(N2C(=O)CC(N3CCC(Cc4ccccc4)CC3)C2=O)cc1)c1ccc(F)cc1. The number of hydrogen-bond donors (Lipinski definition) is 0. The van der Waals surface area contributed by atoms with Crippen LogP contribution in [0.5, 0.6) is 0 Å². The number of likely N-dealkylation sites (tertiary alicyclic amines) is 1. The summed E-state index contributed by atoms with van der Waals surface area (Å²) in [6.07, 6.45) is 3.12. The van der Waals surface area contributed by atoms with Gasteiger partial charge in [0.2, 0.25) is 5.91 Å². The molecule has 1 unspecified atom stereocenters. The molecule has 2 fully saturated rings. The molecule has 0 aliphatic carbocycles. The number of amides is 2. The minimum atomic E-state index is -0.715. The lowest BCUT2D eigenvalue weighted by molar-refractivity contribution is -0.123. The number of hydrogen-bond acceptors (Lipinski definition) is 6. The van der Waals surface area contributed by atoms with Crippen LogP contribution in [-0.4, -0.2) is 54.2 Å². The van der Waals surface area contributed by atoms with E-state index in [0.29, 0.717) is 11.6 Å². The maximum absolute atomic E-state index is 13.3. The largest absolute Gasteiger partial charge is 0.454 e. The molecule has 200 valence electrons. The number of nitrogens with zero attached hydrogens (tertiary/aromatic N) is 2. The molecular formula is C31H29FN2O5. The molecule has 39 heavy (non-hydrogen) atoms. The van der Waals surface area contributed by atoms with Crippen molar-refractivity contribution in [1.29, 1.82) is 0 Å². The molecule has 2 heterocycles. The number of esters is 1. The van der Waals surface area contributed by atoms with Crippen LogP contribution < -0.4 is 4.90 Å². The average Bonchev–Trinajstić information content (AvgIpc) is 3.26. The fourth-order valence-corrected chi connectivity index (χ4v) is 5.27. The Morgan fingerprint density at radius 2 is 1.49 bits per heavy atom. The van der Waals surface area contributed by atoms with Gasteiger partial charge in [-0.05, 0) is 92.4 Å². The standard InChI is InChI=1S/C31H29FN2O5/c32-25-10-6-23(7-11-25)28(35)20-39-31(38)24-8-12-26(13-9-24)34-29(36)19-27(30(34)37)33-16-14-22(15-17-33)18-21-4-2-1-3-5-21/h1-13,22,27H,14-20H2. The molecule has 5 rings (SSSR count). The Morgan fingerprint density at radius 1 is 0.846 bits per heavy atom. The Labute approximate surface area is 226 Å². The zero-order valence-corrected chi connectivity index (χ0v) is 21.4. The lowest BCUT2D eigenvalue weighted by atomic mass is 9.89. The number of halogens is 1. The predicted octanol–water partition coefficient (Wildman–Crippen LogP) is 4.45. The summed E-state index contributed by atoms with van der Waals surface area (Å²) >= 11 is 0. The lowest BCUT2D eigenvalue weighted by Gasteiger charge is -2.34. The Balaban J connectivity index is 1.15. The van der Waals surface area contributed by atoms with Crippen LogP contribution in [0.3, 0.4) is 0 Å². The van der Waals surface area contributed by atoms with Crippen molar-refractivity contribution in [2.24, 2.45) is 5.92 Å². The van der Waals surface area contributed by atoms with Crippen LogP contribution in [-0.2, 0) is 20.7 Å². The first kappa shape index (κ1) is 26.4. The normalized spacial score (nSPS) is 18.4. The van der Waals surface area contributed by atoms with Crippen molar-refractivity contribution in [1.82, 2.24) is 4.90 Å². The zero-order valence-electron chi connectivity index (χ0n) is 21.4. The van der Waals surface area contributed by atoms with Gasteiger partial charge in [0, 0.05) is 5.56 Å². The van der Waals surface area contributed by atoms with Crippen LogP contribution in [0.15, 0.2) is 78.9 Å². The van der Waals surface area contributed by atoms with E-state index in [4.69, 9.17) is 4.74 Å². The molecule has 2 aliphatic rings. The highest BCUT2D eigenvalue weighted by molar-refractivity contribution is 6.22. The van der Waals surface area contributed by atoms with Gasteiger partial charge in [-0.1, -0.05) is 30.3 Å². The molecule has 3 aromatic carbocycles. The van der Waals surface area contributed by atoms with Crippen molar-refractivity contribution in [3.8, 4) is 0 Å². The smallest absolute Gasteiger partial charge is 0.338 e. The number of ether oxygens (including phenoxy) is 1. The molecule has 0 spiro atoms. The Bertz CT molecular complexity index is 1350. The second-order valence-electron chi connectivity index (χ2n) is 10.0. The maximum atomic E-state index is 13.3. The molecular weight excluding hydrogens is 499 g/mol. The first-order valence-corrected chi connectivity index (χ1v) is 13.1. The first-order valence-electron chi connectivity index (χ1n) is 13.1. The highest BCUT2D eigenvalue weighted by atomic mass is 19.1. The average molecular weight is 529 g/mol. The van der Waals surface area contributed by atoms with Gasteiger partial charge in [0.05, 0.1) is 23.7 Å². The second kappa shape index (κ2) is 11.7. The van der Waals surface area contributed by atoms with Crippen LogP contribution in [0.2, 0.25) is 0 Å². The third-order valence-corrected chi connectivity index (χ3v) is 7.44. The van der Waals surface area contributed by atoms with Crippen molar-refractivity contribution < 1.29 is 28.3 Å². The van der Waals surface area contributed by atoms with Crippen LogP contribution in [0.1, 0.15) is 45.5 Å². The molecule has 2 aliphatic heterocycles. The van der Waals surface area contributed by atoms with Crippen LogP contribution in [0, 0.1) is 11.7 Å². The number of carbonyl (C=O) groups excluding carboxylic acids is 4. The van der Waals surface area contributed by atoms with Gasteiger partial charge in [-0.15, -0.1) is 0 Å². The molecule has 7 nitrogen and oxygen atoms in total. The van der Waals surface area contributed by atoms with E-state index in [1.807, 2.05) is 6.07 Å². The van der Waals surface area contributed by atoms with E-state index in [1.54, 1.807) is 0 Å². The second-order valence-corrected chi connectivity index (χ2v) is 10.0. The van der Waals surface area contributed by atoms with E-state index in [-0.39, 0.29) is 29.4 Å². The van der Waals surface area contributed by atoms with Crippen molar-refractivity contribution in [2.75, 3.05) is 24.6 Å². The van der Waals surface area contributed by atoms with E-state index < -0.39 is 30.2 Å². The topological polar surface area (TPSA) is 84.0 Å². The number of carbonyl (C=O) groups is 4. The third kappa shape index (κ3) is 6.12. The van der Waals surface area contributed by atoms with E-state index in [1.165, 1.54) is 46.9 Å². The summed E-state index contributed by atoms with van der Waals surface area (Å²) in [5, 5.41) is 0. The molecule has 0 aromatic heterocycles. The van der Waals surface area contributed by atoms with Crippen LogP contribution in [0.4, 0.5) is 10.1 Å². The van der Waals surface area contributed by atoms with Crippen LogP contribution in [0.25, 0.3) is 0 Å². The first-order chi connectivity index (χ1) is 18.9. The summed E-state index contributed by atoms with van der Waals surface area (Å²) in [6, 6.07) is 20.9. The van der Waals surface area contributed by atoms with Gasteiger partial charge in [0.15, 0.2) is 12.4 Å². The van der Waals surface area contributed by atoms with E-state index in [0.717, 1.165) is 44.5 Å². The molecule has 0 N–H and O–H groups in total. The number of imide groups is 1. The Morgan fingerprint density at radius 3 is 2.15 bits per heavy atom. The Hall–Kier alpha value is -4.17. The maximum Gasteiger partial charge on any atom is 0.338 e.